The van der Waals surface area contributed by atoms with Crippen LogP contribution in [0.5, 0.6) is 0 Å². The third kappa shape index (κ3) is 3.49. The van der Waals surface area contributed by atoms with Crippen molar-refractivity contribution in [1.29, 1.82) is 0 Å². The molecular weight excluding hydrogens is 350 g/mol. The Morgan fingerprint density at radius 3 is 2.69 bits per heavy atom. The first kappa shape index (κ1) is 18.2. The highest BCUT2D eigenvalue weighted by Crippen LogP contribution is 2.37. The van der Waals surface area contributed by atoms with Gasteiger partial charge in [-0.2, -0.15) is 0 Å². The molecule has 1 aliphatic heterocycles. The number of anilines is 1. The molecule has 0 saturated carbocycles. The van der Waals surface area contributed by atoms with Crippen LogP contribution >= 0.6 is 11.3 Å². The minimum atomic E-state index is -0.879. The van der Waals surface area contributed by atoms with Gasteiger partial charge in [-0.1, -0.05) is 18.2 Å². The number of urea groups is 1. The topological polar surface area (TPSA) is 91.8 Å². The van der Waals surface area contributed by atoms with Crippen molar-refractivity contribution in [3.63, 3.8) is 0 Å². The monoisotopic (exact) mass is 371 g/mol. The lowest BCUT2D eigenvalue weighted by molar-refractivity contribution is 0.0695. The Morgan fingerprint density at radius 1 is 1.35 bits per heavy atom. The summed E-state index contributed by atoms with van der Waals surface area (Å²) in [7, 11) is 0. The van der Waals surface area contributed by atoms with E-state index in [4.69, 9.17) is 12.3 Å². The van der Waals surface area contributed by atoms with Crippen molar-refractivity contribution in [2.75, 3.05) is 25.0 Å². The van der Waals surface area contributed by atoms with E-state index < -0.39 is 5.66 Å². The van der Waals surface area contributed by atoms with Gasteiger partial charge in [0.05, 0.1) is 18.4 Å². The average molecular weight is 371 g/mol. The molecule has 1 saturated heterocycles. The quantitative estimate of drug-likeness (QED) is 0.725. The lowest BCUT2D eigenvalue weighted by Gasteiger charge is -2.31. The number of rotatable bonds is 3. The van der Waals surface area contributed by atoms with E-state index >= 15 is 0 Å². The Bertz CT molecular complexity index is 877. The maximum absolute atomic E-state index is 13.2. The standard InChI is InChI=1S/C18H21N5O2S/c1-3-21-17(25)22-15-14(12-6-4-5-7-13(12)26-15)16(24)23-10-8-18(19,20-2)9-11-23/h4-7H,3,8-11,19H2,1H3,(H2,21,22,25). The van der Waals surface area contributed by atoms with Crippen molar-refractivity contribution in [2.24, 2.45) is 5.73 Å². The van der Waals surface area contributed by atoms with Crippen LogP contribution in [0.2, 0.25) is 0 Å². The number of thiophene rings is 1. The third-order valence-corrected chi connectivity index (χ3v) is 5.60. The van der Waals surface area contributed by atoms with Crippen LogP contribution in [-0.2, 0) is 0 Å². The van der Waals surface area contributed by atoms with Gasteiger partial charge in [0.15, 0.2) is 0 Å². The fourth-order valence-electron chi connectivity index (χ4n) is 3.02. The molecular formula is C18H21N5O2S. The molecule has 0 unspecified atom stereocenters. The van der Waals surface area contributed by atoms with E-state index in [-0.39, 0.29) is 11.9 Å². The maximum atomic E-state index is 13.2. The Kier molecular flexibility index (Phi) is 5.11. The van der Waals surface area contributed by atoms with E-state index in [0.717, 1.165) is 10.1 Å². The number of carbonyl (C=O) groups is 2. The first-order valence-electron chi connectivity index (χ1n) is 8.50. The number of hydrogen-bond acceptors (Lipinski definition) is 4. The van der Waals surface area contributed by atoms with Crippen LogP contribution < -0.4 is 16.4 Å². The normalized spacial score (nSPS) is 16.1. The summed E-state index contributed by atoms with van der Waals surface area (Å²) >= 11 is 1.38. The molecule has 2 heterocycles. The van der Waals surface area contributed by atoms with Gasteiger partial charge >= 0.3 is 6.03 Å². The Balaban J connectivity index is 1.91. The maximum Gasteiger partial charge on any atom is 0.319 e. The fraction of sp³-hybridized carbons (Fsp3) is 0.389. The Morgan fingerprint density at radius 2 is 2.04 bits per heavy atom. The molecule has 2 aromatic rings. The highest BCUT2D eigenvalue weighted by molar-refractivity contribution is 7.23. The first-order valence-corrected chi connectivity index (χ1v) is 9.32. The van der Waals surface area contributed by atoms with Gasteiger partial charge in [0, 0.05) is 29.7 Å². The van der Waals surface area contributed by atoms with Gasteiger partial charge in [0.25, 0.3) is 11.6 Å². The second kappa shape index (κ2) is 7.32. The van der Waals surface area contributed by atoms with E-state index in [1.54, 1.807) is 4.90 Å². The molecule has 0 aliphatic carbocycles. The molecule has 1 fully saturated rings. The van der Waals surface area contributed by atoms with Crippen LogP contribution in [0, 0.1) is 6.57 Å². The molecule has 0 spiro atoms. The van der Waals surface area contributed by atoms with Crippen LogP contribution in [0.4, 0.5) is 9.80 Å². The van der Waals surface area contributed by atoms with Crippen molar-refractivity contribution in [3.8, 4) is 0 Å². The lowest BCUT2D eigenvalue weighted by atomic mass is 9.98. The zero-order valence-corrected chi connectivity index (χ0v) is 15.4. The summed E-state index contributed by atoms with van der Waals surface area (Å²) < 4.78 is 0.939. The lowest BCUT2D eigenvalue weighted by Crippen LogP contribution is -2.49. The van der Waals surface area contributed by atoms with Crippen LogP contribution in [0.1, 0.15) is 30.1 Å². The van der Waals surface area contributed by atoms with E-state index in [2.05, 4.69) is 15.5 Å². The van der Waals surface area contributed by atoms with Crippen molar-refractivity contribution in [2.45, 2.75) is 25.4 Å². The summed E-state index contributed by atoms with van der Waals surface area (Å²) in [6, 6.07) is 7.27. The molecule has 0 atom stereocenters. The molecule has 1 aliphatic rings. The first-order chi connectivity index (χ1) is 12.5. The van der Waals surface area contributed by atoms with Gasteiger partial charge in [-0.3, -0.25) is 20.7 Å². The molecule has 1 aromatic carbocycles. The zero-order valence-electron chi connectivity index (χ0n) is 14.5. The highest BCUT2D eigenvalue weighted by Gasteiger charge is 2.38. The van der Waals surface area contributed by atoms with Gasteiger partial charge in [-0.15, -0.1) is 11.3 Å². The number of nitrogens with zero attached hydrogens (tertiary/aromatic N) is 2. The number of fused-ring (bicyclic) bond motifs is 1. The second-order valence-electron chi connectivity index (χ2n) is 6.29. The predicted molar refractivity (Wildman–Crippen MR) is 103 cm³/mol. The summed E-state index contributed by atoms with van der Waals surface area (Å²) in [6.45, 7) is 10.4. The molecule has 7 nitrogen and oxygen atoms in total. The minimum absolute atomic E-state index is 0.138. The Labute approximate surface area is 156 Å². The van der Waals surface area contributed by atoms with Crippen LogP contribution in [-0.4, -0.2) is 42.1 Å². The van der Waals surface area contributed by atoms with Crippen LogP contribution in [0.3, 0.4) is 0 Å². The van der Waals surface area contributed by atoms with Gasteiger partial charge in [-0.05, 0) is 13.0 Å². The van der Waals surface area contributed by atoms with Crippen LogP contribution in [0.25, 0.3) is 14.9 Å². The summed E-state index contributed by atoms with van der Waals surface area (Å²) in [4.78, 5) is 30.4. The molecule has 136 valence electrons. The molecule has 26 heavy (non-hydrogen) atoms. The van der Waals surface area contributed by atoms with Gasteiger partial charge in [0.1, 0.15) is 5.00 Å². The zero-order chi connectivity index (χ0) is 18.7. The number of nitrogens with two attached hydrogens (primary N) is 1. The molecule has 3 rings (SSSR count). The Hall–Kier alpha value is -2.63. The summed E-state index contributed by atoms with van der Waals surface area (Å²) in [5.74, 6) is -0.138. The summed E-state index contributed by atoms with van der Waals surface area (Å²) in [5, 5.41) is 6.84. The van der Waals surface area contributed by atoms with Crippen molar-refractivity contribution >= 4 is 38.4 Å². The molecule has 0 radical (unpaired) electrons. The fourth-order valence-corrected chi connectivity index (χ4v) is 4.11. The van der Waals surface area contributed by atoms with E-state index in [9.17, 15) is 9.59 Å². The minimum Gasteiger partial charge on any atom is -0.338 e. The van der Waals surface area contributed by atoms with Gasteiger partial charge < -0.3 is 10.2 Å². The molecule has 3 amide bonds. The largest absolute Gasteiger partial charge is 0.338 e. The second-order valence-corrected chi connectivity index (χ2v) is 7.35. The number of likely N-dealkylation sites (tertiary alicyclic amines) is 1. The number of carbonyl (C=O) groups excluding carboxylic acids is 2. The predicted octanol–water partition coefficient (Wildman–Crippen LogP) is 2.85. The summed E-state index contributed by atoms with van der Waals surface area (Å²) in [5.41, 5.74) is 5.63. The van der Waals surface area contributed by atoms with E-state index in [1.165, 1.54) is 11.3 Å². The number of amides is 3. The number of benzene rings is 1. The molecule has 1 aromatic heterocycles. The van der Waals surface area contributed by atoms with Crippen molar-refractivity contribution < 1.29 is 9.59 Å². The number of nitrogens with one attached hydrogen (secondary N) is 2. The average Bonchev–Trinajstić information content (AvgIpc) is 2.99. The highest BCUT2D eigenvalue weighted by atomic mass is 32.1. The number of piperidine rings is 1. The van der Waals surface area contributed by atoms with Gasteiger partial charge in [-0.25, -0.2) is 11.4 Å². The van der Waals surface area contributed by atoms with Crippen LogP contribution in [0.15, 0.2) is 24.3 Å². The van der Waals surface area contributed by atoms with E-state index in [1.807, 2.05) is 31.2 Å². The molecule has 4 N–H and O–H groups in total. The van der Waals surface area contributed by atoms with Gasteiger partial charge in [0.2, 0.25) is 0 Å². The SMILES string of the molecule is [C-]#[N+]C1(N)CCN(C(=O)c2c(NC(=O)NCC)sc3ccccc23)CC1. The van der Waals surface area contributed by atoms with Crippen molar-refractivity contribution in [1.82, 2.24) is 10.2 Å². The third-order valence-electron chi connectivity index (χ3n) is 4.51. The van der Waals surface area contributed by atoms with Crippen molar-refractivity contribution in [3.05, 3.63) is 41.2 Å². The van der Waals surface area contributed by atoms with E-state index in [0.29, 0.717) is 43.0 Å². The molecule has 0 bridgehead atoms. The molecule has 8 heteroatoms. The summed E-state index contributed by atoms with van der Waals surface area (Å²) in [6.07, 6.45) is 0.896. The smallest absolute Gasteiger partial charge is 0.319 e. The number of hydrogen-bond donors (Lipinski definition) is 3.